The zero-order valence-electron chi connectivity index (χ0n) is 9.62. The number of hydrogen-bond acceptors (Lipinski definition) is 1. The maximum Gasteiger partial charge on any atom is 0.142 e. The topological polar surface area (TPSA) is 17.1 Å². The molecule has 0 aliphatic rings. The molecule has 1 nitrogen and oxygen atoms in total. The third kappa shape index (κ3) is 7.78. The Kier molecular flexibility index (Phi) is 8.20. The first-order valence-electron chi connectivity index (χ1n) is 5.46. The fraction of sp³-hybridized carbons (Fsp3) is 0.615. The van der Waals surface area contributed by atoms with Gasteiger partial charge in [-0.15, -0.1) is 0 Å². The maximum atomic E-state index is 10.2. The van der Waals surface area contributed by atoms with Crippen molar-refractivity contribution in [1.82, 2.24) is 0 Å². The van der Waals surface area contributed by atoms with Gasteiger partial charge in [0.2, 0.25) is 0 Å². The molecule has 0 rings (SSSR count). The van der Waals surface area contributed by atoms with Crippen LogP contribution in [0.25, 0.3) is 0 Å². The fourth-order valence-corrected chi connectivity index (χ4v) is 1.35. The first-order chi connectivity index (χ1) is 6.70. The zero-order valence-corrected chi connectivity index (χ0v) is 9.62. The lowest BCUT2D eigenvalue weighted by molar-refractivity contribution is -0.104. The SMILES string of the molecule is CCCCC(/C=C/C=O)CC=C(C)C. The number of carbonyl (C=O) groups excluding carboxylic acids is 1. The average Bonchev–Trinajstić information content (AvgIpc) is 2.16. The minimum absolute atomic E-state index is 0.537. The van der Waals surface area contributed by atoms with E-state index in [-0.39, 0.29) is 0 Å². The van der Waals surface area contributed by atoms with E-state index in [2.05, 4.69) is 26.8 Å². The second-order valence-corrected chi connectivity index (χ2v) is 3.94. The lowest BCUT2D eigenvalue weighted by Gasteiger charge is -2.09. The molecule has 80 valence electrons. The molecule has 0 N–H and O–H groups in total. The van der Waals surface area contributed by atoms with Gasteiger partial charge in [-0.05, 0) is 38.7 Å². The third-order valence-electron chi connectivity index (χ3n) is 2.22. The van der Waals surface area contributed by atoms with Crippen molar-refractivity contribution in [3.8, 4) is 0 Å². The summed E-state index contributed by atoms with van der Waals surface area (Å²) in [5.74, 6) is 0.537. The molecule has 0 aliphatic heterocycles. The summed E-state index contributed by atoms with van der Waals surface area (Å²) in [6, 6.07) is 0. The molecular weight excluding hydrogens is 172 g/mol. The van der Waals surface area contributed by atoms with Crippen molar-refractivity contribution in [2.45, 2.75) is 46.5 Å². The van der Waals surface area contributed by atoms with Crippen molar-refractivity contribution < 1.29 is 4.79 Å². The van der Waals surface area contributed by atoms with Crippen molar-refractivity contribution in [3.05, 3.63) is 23.8 Å². The van der Waals surface area contributed by atoms with Crippen LogP contribution in [0.4, 0.5) is 0 Å². The van der Waals surface area contributed by atoms with E-state index < -0.39 is 0 Å². The molecular formula is C13H22O. The highest BCUT2D eigenvalue weighted by Gasteiger charge is 2.01. The van der Waals surface area contributed by atoms with Gasteiger partial charge in [-0.3, -0.25) is 4.79 Å². The van der Waals surface area contributed by atoms with E-state index >= 15 is 0 Å². The van der Waals surface area contributed by atoms with Gasteiger partial charge in [-0.2, -0.15) is 0 Å². The predicted octanol–water partition coefficient (Wildman–Crippen LogP) is 3.90. The van der Waals surface area contributed by atoms with E-state index in [0.717, 1.165) is 12.7 Å². The van der Waals surface area contributed by atoms with E-state index in [1.165, 1.54) is 24.8 Å². The number of rotatable bonds is 7. The van der Waals surface area contributed by atoms with E-state index in [0.29, 0.717) is 5.92 Å². The molecule has 0 bridgehead atoms. The summed E-state index contributed by atoms with van der Waals surface area (Å²) in [4.78, 5) is 10.2. The fourth-order valence-electron chi connectivity index (χ4n) is 1.35. The van der Waals surface area contributed by atoms with Gasteiger partial charge in [0, 0.05) is 0 Å². The number of carbonyl (C=O) groups is 1. The van der Waals surface area contributed by atoms with Crippen molar-refractivity contribution in [3.63, 3.8) is 0 Å². The molecule has 14 heavy (non-hydrogen) atoms. The van der Waals surface area contributed by atoms with Gasteiger partial charge < -0.3 is 0 Å². The molecule has 0 aromatic carbocycles. The average molecular weight is 194 g/mol. The van der Waals surface area contributed by atoms with Crippen LogP contribution < -0.4 is 0 Å². The minimum atomic E-state index is 0.537. The first kappa shape index (κ1) is 13.2. The summed E-state index contributed by atoms with van der Waals surface area (Å²) in [5, 5.41) is 0. The smallest absolute Gasteiger partial charge is 0.142 e. The highest BCUT2D eigenvalue weighted by molar-refractivity contribution is 5.64. The first-order valence-corrected chi connectivity index (χ1v) is 5.46. The van der Waals surface area contributed by atoms with Crippen LogP contribution in [0.1, 0.15) is 46.5 Å². The van der Waals surface area contributed by atoms with Gasteiger partial charge >= 0.3 is 0 Å². The van der Waals surface area contributed by atoms with E-state index in [4.69, 9.17) is 0 Å². The summed E-state index contributed by atoms with van der Waals surface area (Å²) in [5.41, 5.74) is 1.35. The maximum absolute atomic E-state index is 10.2. The van der Waals surface area contributed by atoms with Crippen molar-refractivity contribution >= 4 is 6.29 Å². The van der Waals surface area contributed by atoms with Crippen LogP contribution in [0.3, 0.4) is 0 Å². The van der Waals surface area contributed by atoms with E-state index in [1.807, 2.05) is 6.08 Å². The Labute approximate surface area is 87.9 Å². The number of unbranched alkanes of at least 4 members (excludes halogenated alkanes) is 1. The zero-order chi connectivity index (χ0) is 10.8. The molecule has 0 spiro atoms. The second-order valence-electron chi connectivity index (χ2n) is 3.94. The summed E-state index contributed by atoms with van der Waals surface area (Å²) in [6.45, 7) is 6.42. The summed E-state index contributed by atoms with van der Waals surface area (Å²) >= 11 is 0. The highest BCUT2D eigenvalue weighted by atomic mass is 16.1. The molecule has 0 heterocycles. The van der Waals surface area contributed by atoms with Crippen LogP contribution in [0.2, 0.25) is 0 Å². The van der Waals surface area contributed by atoms with Gasteiger partial charge in [-0.1, -0.05) is 37.5 Å². The summed E-state index contributed by atoms with van der Waals surface area (Å²) in [7, 11) is 0. The molecule has 0 amide bonds. The Bertz CT molecular complexity index is 197. The minimum Gasteiger partial charge on any atom is -0.299 e. The second kappa shape index (κ2) is 8.74. The molecule has 0 saturated heterocycles. The Morgan fingerprint density at radius 1 is 1.36 bits per heavy atom. The molecule has 0 aromatic rings. The van der Waals surface area contributed by atoms with Crippen LogP contribution in [-0.4, -0.2) is 6.29 Å². The van der Waals surface area contributed by atoms with E-state index in [9.17, 15) is 4.79 Å². The van der Waals surface area contributed by atoms with Crippen molar-refractivity contribution in [2.24, 2.45) is 5.92 Å². The predicted molar refractivity (Wildman–Crippen MR) is 62.3 cm³/mol. The number of aldehydes is 1. The normalized spacial score (nSPS) is 12.8. The lowest BCUT2D eigenvalue weighted by atomic mass is 9.97. The summed E-state index contributed by atoms with van der Waals surface area (Å²) < 4.78 is 0. The van der Waals surface area contributed by atoms with Crippen LogP contribution in [0.15, 0.2) is 23.8 Å². The Hall–Kier alpha value is -0.850. The van der Waals surface area contributed by atoms with Crippen molar-refractivity contribution in [1.29, 1.82) is 0 Å². The Morgan fingerprint density at radius 2 is 2.07 bits per heavy atom. The lowest BCUT2D eigenvalue weighted by Crippen LogP contribution is -1.95. The molecule has 0 aromatic heterocycles. The quantitative estimate of drug-likeness (QED) is 0.341. The highest BCUT2D eigenvalue weighted by Crippen LogP contribution is 2.15. The largest absolute Gasteiger partial charge is 0.299 e. The van der Waals surface area contributed by atoms with Crippen LogP contribution >= 0.6 is 0 Å². The molecule has 0 fully saturated rings. The molecule has 1 heteroatoms. The van der Waals surface area contributed by atoms with Crippen LogP contribution in [-0.2, 0) is 4.79 Å². The molecule has 0 radical (unpaired) electrons. The van der Waals surface area contributed by atoms with Crippen LogP contribution in [0.5, 0.6) is 0 Å². The Morgan fingerprint density at radius 3 is 2.57 bits per heavy atom. The standard InChI is InChI=1S/C13H22O/c1-4-5-7-13(8-6-11-14)10-9-12(2)3/h6,8-9,11,13H,4-5,7,10H2,1-3H3/b8-6+. The van der Waals surface area contributed by atoms with Gasteiger partial charge in [-0.25, -0.2) is 0 Å². The summed E-state index contributed by atoms with van der Waals surface area (Å²) in [6.07, 6.45) is 11.5. The Balaban J connectivity index is 4.02. The van der Waals surface area contributed by atoms with Crippen molar-refractivity contribution in [2.75, 3.05) is 0 Å². The van der Waals surface area contributed by atoms with E-state index in [1.54, 1.807) is 6.08 Å². The van der Waals surface area contributed by atoms with Crippen LogP contribution in [0, 0.1) is 5.92 Å². The molecule has 0 aliphatic carbocycles. The number of allylic oxidation sites excluding steroid dienone is 4. The van der Waals surface area contributed by atoms with Gasteiger partial charge in [0.05, 0.1) is 0 Å². The van der Waals surface area contributed by atoms with Gasteiger partial charge in [0.15, 0.2) is 0 Å². The molecule has 1 unspecified atom stereocenters. The number of hydrogen-bond donors (Lipinski definition) is 0. The third-order valence-corrected chi connectivity index (χ3v) is 2.22. The van der Waals surface area contributed by atoms with Gasteiger partial charge in [0.1, 0.15) is 6.29 Å². The molecule has 0 saturated carbocycles. The monoisotopic (exact) mass is 194 g/mol. The molecule has 1 atom stereocenters. The van der Waals surface area contributed by atoms with Gasteiger partial charge in [0.25, 0.3) is 0 Å².